The molecule has 0 spiro atoms. The Morgan fingerprint density at radius 1 is 1.16 bits per heavy atom. The first-order valence-electron chi connectivity index (χ1n) is 10.9. The fourth-order valence-electron chi connectivity index (χ4n) is 4.78. The number of carbonyl (C=O) groups is 1. The summed E-state index contributed by atoms with van der Waals surface area (Å²) in [6.07, 6.45) is 2.21. The lowest BCUT2D eigenvalue weighted by atomic mass is 10.1. The minimum Gasteiger partial charge on any atom is -0.372 e. The van der Waals surface area contributed by atoms with E-state index in [1.165, 1.54) is 0 Å². The van der Waals surface area contributed by atoms with Gasteiger partial charge < -0.3 is 9.80 Å². The number of rotatable bonds is 8. The molecule has 1 aromatic carbocycles. The number of allylic oxidation sites excluding steroid dienone is 1. The molecular weight excluding hydrogens is 455 g/mol. The summed E-state index contributed by atoms with van der Waals surface area (Å²) in [5.74, 6) is -0.155. The van der Waals surface area contributed by atoms with Crippen molar-refractivity contribution >= 4 is 44.6 Å². The number of anilines is 1. The number of hydrogen-bond acceptors (Lipinski definition) is 4. The number of sulfone groups is 1. The predicted molar refractivity (Wildman–Crippen MR) is 128 cm³/mol. The number of hydrogen-bond donors (Lipinski definition) is 0. The molecule has 1 saturated heterocycles. The van der Waals surface area contributed by atoms with Gasteiger partial charge in [0, 0.05) is 31.4 Å². The van der Waals surface area contributed by atoms with Gasteiger partial charge >= 0.3 is 0 Å². The van der Waals surface area contributed by atoms with Crippen LogP contribution in [0.25, 0.3) is 0 Å². The van der Waals surface area contributed by atoms with Crippen LogP contribution in [-0.2, 0) is 21.2 Å². The highest BCUT2D eigenvalue weighted by atomic mass is 35.5. The van der Waals surface area contributed by atoms with E-state index in [1.54, 1.807) is 11.0 Å². The lowest BCUT2D eigenvalue weighted by Gasteiger charge is -2.29. The van der Waals surface area contributed by atoms with Crippen LogP contribution in [0.2, 0.25) is 0 Å². The maximum Gasteiger partial charge on any atom is 0.227 e. The van der Waals surface area contributed by atoms with Crippen LogP contribution in [-0.4, -0.2) is 49.9 Å². The number of nitrogens with zero attached hydrogens (tertiary/aromatic N) is 2. The summed E-state index contributed by atoms with van der Waals surface area (Å²) in [4.78, 5) is 17.6. The monoisotopic (exact) mass is 486 g/mol. The third kappa shape index (κ3) is 5.40. The van der Waals surface area contributed by atoms with Gasteiger partial charge in [0.2, 0.25) is 5.91 Å². The van der Waals surface area contributed by atoms with Crippen molar-refractivity contribution in [3.8, 4) is 0 Å². The lowest BCUT2D eigenvalue weighted by Crippen LogP contribution is -2.42. The van der Waals surface area contributed by atoms with E-state index in [2.05, 4.69) is 30.9 Å². The Balaban J connectivity index is 1.84. The molecule has 3 atom stereocenters. The molecule has 0 radical (unpaired) electrons. The standard InChI is InChI=1S/C23H32Cl2N2O3S/c1-5-26(6-2)17-9-7-16(8-10-17)14-27(18-11-12-31(29,30)15-18)22(28)21-19(13-20(24)25)23(21,3)4/h7-10,13,18-19,21H,5-6,11-12,14-15H2,1-4H3/t18-,19+,21-/m0/s1. The molecule has 0 unspecified atom stereocenters. The first kappa shape index (κ1) is 24.4. The van der Waals surface area contributed by atoms with Gasteiger partial charge in [-0.25, -0.2) is 8.42 Å². The number of benzene rings is 1. The third-order valence-electron chi connectivity index (χ3n) is 6.83. The Morgan fingerprint density at radius 3 is 2.26 bits per heavy atom. The van der Waals surface area contributed by atoms with Crippen molar-refractivity contribution in [3.63, 3.8) is 0 Å². The molecule has 1 saturated carbocycles. The molecule has 0 aromatic heterocycles. The maximum absolute atomic E-state index is 13.6. The van der Waals surface area contributed by atoms with Gasteiger partial charge in [0.05, 0.1) is 17.4 Å². The molecular formula is C23H32Cl2N2O3S. The van der Waals surface area contributed by atoms with Crippen LogP contribution < -0.4 is 4.90 Å². The van der Waals surface area contributed by atoms with Crippen molar-refractivity contribution in [2.75, 3.05) is 29.5 Å². The van der Waals surface area contributed by atoms with E-state index >= 15 is 0 Å². The number of carbonyl (C=O) groups excluding carboxylic acids is 1. The van der Waals surface area contributed by atoms with E-state index in [9.17, 15) is 13.2 Å². The third-order valence-corrected chi connectivity index (χ3v) is 8.83. The van der Waals surface area contributed by atoms with Crippen molar-refractivity contribution in [2.45, 2.75) is 46.7 Å². The van der Waals surface area contributed by atoms with Crippen LogP contribution >= 0.6 is 23.2 Å². The lowest BCUT2D eigenvalue weighted by molar-refractivity contribution is -0.136. The fourth-order valence-corrected chi connectivity index (χ4v) is 6.78. The van der Waals surface area contributed by atoms with Gasteiger partial charge in [-0.3, -0.25) is 4.79 Å². The van der Waals surface area contributed by atoms with Gasteiger partial charge in [-0.1, -0.05) is 49.2 Å². The van der Waals surface area contributed by atoms with E-state index in [-0.39, 0.29) is 45.2 Å². The Morgan fingerprint density at radius 2 is 1.77 bits per heavy atom. The largest absolute Gasteiger partial charge is 0.372 e. The zero-order valence-electron chi connectivity index (χ0n) is 18.6. The molecule has 1 amide bonds. The Kier molecular flexibility index (Phi) is 7.34. The van der Waals surface area contributed by atoms with Gasteiger partial charge in [-0.2, -0.15) is 0 Å². The van der Waals surface area contributed by atoms with Crippen molar-refractivity contribution in [1.29, 1.82) is 0 Å². The molecule has 1 aliphatic carbocycles. The van der Waals surface area contributed by atoms with E-state index in [0.29, 0.717) is 13.0 Å². The molecule has 3 rings (SSSR count). The highest BCUT2D eigenvalue weighted by molar-refractivity contribution is 7.91. The van der Waals surface area contributed by atoms with E-state index in [1.807, 2.05) is 26.0 Å². The normalized spacial score (nSPS) is 25.7. The quantitative estimate of drug-likeness (QED) is 0.536. The average molecular weight is 487 g/mol. The zero-order valence-corrected chi connectivity index (χ0v) is 21.0. The maximum atomic E-state index is 13.6. The number of amides is 1. The second-order valence-corrected chi connectivity index (χ2v) is 12.4. The fraction of sp³-hybridized carbons (Fsp3) is 0.609. The molecule has 172 valence electrons. The Labute approximate surface area is 196 Å². The Hall–Kier alpha value is -1.24. The molecule has 1 heterocycles. The van der Waals surface area contributed by atoms with Crippen LogP contribution in [0.15, 0.2) is 34.8 Å². The average Bonchev–Trinajstić information content (AvgIpc) is 3.02. The topological polar surface area (TPSA) is 57.7 Å². The SMILES string of the molecule is CCN(CC)c1ccc(CN(C(=O)[C@@H]2[C@@H](C=C(Cl)Cl)C2(C)C)[C@H]2CCS(=O)(=O)C2)cc1. The summed E-state index contributed by atoms with van der Waals surface area (Å²) in [5.41, 5.74) is 1.88. The van der Waals surface area contributed by atoms with Crippen LogP contribution in [0.5, 0.6) is 0 Å². The zero-order chi connectivity index (χ0) is 23.0. The summed E-state index contributed by atoms with van der Waals surface area (Å²) in [6, 6.07) is 7.89. The first-order chi connectivity index (χ1) is 14.5. The van der Waals surface area contributed by atoms with E-state index in [0.717, 1.165) is 24.3 Å². The summed E-state index contributed by atoms with van der Waals surface area (Å²) in [6.45, 7) is 10.5. The molecule has 31 heavy (non-hydrogen) atoms. The minimum atomic E-state index is -3.11. The van der Waals surface area contributed by atoms with E-state index < -0.39 is 9.84 Å². The second-order valence-electron chi connectivity index (χ2n) is 9.14. The van der Waals surface area contributed by atoms with E-state index in [4.69, 9.17) is 23.2 Å². The van der Waals surface area contributed by atoms with Crippen molar-refractivity contribution in [3.05, 3.63) is 40.4 Å². The van der Waals surface area contributed by atoms with Crippen molar-refractivity contribution in [1.82, 2.24) is 4.90 Å². The molecule has 0 N–H and O–H groups in total. The first-order valence-corrected chi connectivity index (χ1v) is 13.5. The molecule has 2 fully saturated rings. The summed E-state index contributed by atoms with van der Waals surface area (Å²) in [7, 11) is -3.11. The van der Waals surface area contributed by atoms with Gasteiger partial charge in [0.1, 0.15) is 4.49 Å². The Bertz CT molecular complexity index is 936. The van der Waals surface area contributed by atoms with Gasteiger partial charge in [-0.15, -0.1) is 0 Å². The van der Waals surface area contributed by atoms with Crippen molar-refractivity contribution < 1.29 is 13.2 Å². The predicted octanol–water partition coefficient (Wildman–Crippen LogP) is 4.64. The molecule has 2 aliphatic rings. The van der Waals surface area contributed by atoms with Crippen LogP contribution in [0.4, 0.5) is 5.69 Å². The molecule has 1 aliphatic heterocycles. The number of halogens is 2. The van der Waals surface area contributed by atoms with Gasteiger partial charge in [-0.05, 0) is 55.4 Å². The molecule has 1 aromatic rings. The van der Waals surface area contributed by atoms with Crippen LogP contribution in [0.1, 0.15) is 39.7 Å². The van der Waals surface area contributed by atoms with Gasteiger partial charge in [0.25, 0.3) is 0 Å². The molecule has 8 heteroatoms. The van der Waals surface area contributed by atoms with Crippen LogP contribution in [0, 0.1) is 17.3 Å². The second kappa shape index (κ2) is 9.32. The van der Waals surface area contributed by atoms with Crippen molar-refractivity contribution in [2.24, 2.45) is 17.3 Å². The highest BCUT2D eigenvalue weighted by Crippen LogP contribution is 2.60. The summed E-state index contributed by atoms with van der Waals surface area (Å²) < 4.78 is 24.4. The van der Waals surface area contributed by atoms with Crippen LogP contribution in [0.3, 0.4) is 0 Å². The summed E-state index contributed by atoms with van der Waals surface area (Å²) >= 11 is 11.7. The smallest absolute Gasteiger partial charge is 0.227 e. The summed E-state index contributed by atoms with van der Waals surface area (Å²) in [5, 5.41) is 0. The molecule has 0 bridgehead atoms. The van der Waals surface area contributed by atoms with Gasteiger partial charge in [0.15, 0.2) is 9.84 Å². The molecule has 5 nitrogen and oxygen atoms in total. The minimum absolute atomic E-state index is 0.0178. The highest BCUT2D eigenvalue weighted by Gasteiger charge is 2.62.